The molecule has 1 aliphatic heterocycles. The predicted molar refractivity (Wildman–Crippen MR) is 74.2 cm³/mol. The molecule has 0 saturated heterocycles. The van der Waals surface area contributed by atoms with Crippen molar-refractivity contribution in [1.82, 2.24) is 9.88 Å². The Kier molecular flexibility index (Phi) is 3.13. The Morgan fingerprint density at radius 1 is 0.950 bits per heavy atom. The maximum Gasteiger partial charge on any atom is 0.261 e. The molecule has 0 spiro atoms. The van der Waals surface area contributed by atoms with Crippen LogP contribution in [0.3, 0.4) is 0 Å². The summed E-state index contributed by atoms with van der Waals surface area (Å²) in [5, 5.41) is 0. The molecule has 3 rings (SSSR count). The molecule has 4 nitrogen and oxygen atoms in total. The Balaban J connectivity index is 1.84. The molecule has 0 atom stereocenters. The molecule has 2 heterocycles. The van der Waals surface area contributed by atoms with E-state index in [1.807, 2.05) is 30.3 Å². The summed E-state index contributed by atoms with van der Waals surface area (Å²) in [6.07, 6.45) is 4.69. The number of hydrogen-bond acceptors (Lipinski definition) is 3. The van der Waals surface area contributed by atoms with Crippen molar-refractivity contribution in [3.05, 3.63) is 72.1 Å². The van der Waals surface area contributed by atoms with Gasteiger partial charge in [-0.15, -0.1) is 0 Å². The molecule has 1 aromatic heterocycles. The lowest BCUT2D eigenvalue weighted by molar-refractivity contribution is -0.137. The van der Waals surface area contributed by atoms with E-state index >= 15 is 0 Å². The zero-order valence-corrected chi connectivity index (χ0v) is 10.7. The van der Waals surface area contributed by atoms with E-state index in [4.69, 9.17) is 0 Å². The van der Waals surface area contributed by atoms with Crippen molar-refractivity contribution in [1.29, 1.82) is 0 Å². The number of amides is 2. The molecule has 0 bridgehead atoms. The molecule has 1 aliphatic rings. The van der Waals surface area contributed by atoms with E-state index in [0.29, 0.717) is 5.57 Å². The van der Waals surface area contributed by atoms with Crippen molar-refractivity contribution in [2.75, 3.05) is 0 Å². The third-order valence-corrected chi connectivity index (χ3v) is 3.18. The largest absolute Gasteiger partial charge is 0.270 e. The second-order valence-electron chi connectivity index (χ2n) is 4.51. The smallest absolute Gasteiger partial charge is 0.261 e. The third kappa shape index (κ3) is 2.23. The van der Waals surface area contributed by atoms with E-state index in [9.17, 15) is 9.59 Å². The molecule has 0 aliphatic carbocycles. The first-order valence-corrected chi connectivity index (χ1v) is 6.27. The molecule has 98 valence electrons. The van der Waals surface area contributed by atoms with Gasteiger partial charge >= 0.3 is 0 Å². The second kappa shape index (κ2) is 5.09. The topological polar surface area (TPSA) is 50.3 Å². The maximum absolute atomic E-state index is 12.3. The van der Waals surface area contributed by atoms with E-state index in [1.54, 1.807) is 24.5 Å². The van der Waals surface area contributed by atoms with Crippen LogP contribution in [0.1, 0.15) is 11.1 Å². The molecular weight excluding hydrogens is 252 g/mol. The lowest BCUT2D eigenvalue weighted by Gasteiger charge is -2.14. The summed E-state index contributed by atoms with van der Waals surface area (Å²) in [6, 6.07) is 12.8. The van der Waals surface area contributed by atoms with E-state index in [1.165, 1.54) is 11.0 Å². The fourth-order valence-corrected chi connectivity index (χ4v) is 2.15. The summed E-state index contributed by atoms with van der Waals surface area (Å²) in [7, 11) is 0. The number of rotatable bonds is 3. The highest BCUT2D eigenvalue weighted by Gasteiger charge is 2.31. The van der Waals surface area contributed by atoms with Gasteiger partial charge < -0.3 is 0 Å². The van der Waals surface area contributed by atoms with Crippen molar-refractivity contribution >= 4 is 17.4 Å². The molecular formula is C16H12N2O2. The first kappa shape index (κ1) is 12.3. The molecule has 0 unspecified atom stereocenters. The molecule has 0 saturated carbocycles. The number of imide groups is 1. The van der Waals surface area contributed by atoms with Crippen LogP contribution in [0.15, 0.2) is 60.9 Å². The average Bonchev–Trinajstić information content (AvgIpc) is 2.77. The Morgan fingerprint density at radius 2 is 1.65 bits per heavy atom. The number of benzene rings is 1. The highest BCUT2D eigenvalue weighted by Crippen LogP contribution is 2.24. The van der Waals surface area contributed by atoms with Crippen LogP contribution >= 0.6 is 0 Å². The molecule has 20 heavy (non-hydrogen) atoms. The van der Waals surface area contributed by atoms with Crippen LogP contribution in [0.4, 0.5) is 0 Å². The number of carbonyl (C=O) groups excluding carboxylic acids is 2. The molecule has 0 radical (unpaired) electrons. The summed E-state index contributed by atoms with van der Waals surface area (Å²) >= 11 is 0. The molecule has 0 fully saturated rings. The van der Waals surface area contributed by atoms with Crippen molar-refractivity contribution in [2.24, 2.45) is 0 Å². The van der Waals surface area contributed by atoms with E-state index in [-0.39, 0.29) is 18.4 Å². The highest BCUT2D eigenvalue weighted by molar-refractivity contribution is 6.33. The van der Waals surface area contributed by atoms with Crippen LogP contribution in [0.2, 0.25) is 0 Å². The van der Waals surface area contributed by atoms with E-state index < -0.39 is 0 Å². The SMILES string of the molecule is O=C1C=C(c2ccccc2)C(=O)N1Cc1ccncc1. The summed E-state index contributed by atoms with van der Waals surface area (Å²) in [5.74, 6) is -0.524. The van der Waals surface area contributed by atoms with Crippen LogP contribution < -0.4 is 0 Å². The Bertz CT molecular complexity index is 678. The molecule has 2 amide bonds. The number of pyridine rings is 1. The minimum Gasteiger partial charge on any atom is -0.270 e. The first-order chi connectivity index (χ1) is 9.75. The summed E-state index contributed by atoms with van der Waals surface area (Å²) in [5.41, 5.74) is 2.09. The van der Waals surface area contributed by atoms with Gasteiger partial charge in [0.05, 0.1) is 12.1 Å². The van der Waals surface area contributed by atoms with Crippen molar-refractivity contribution in [3.63, 3.8) is 0 Å². The Labute approximate surface area is 116 Å². The number of carbonyl (C=O) groups is 2. The number of hydrogen-bond donors (Lipinski definition) is 0. The van der Waals surface area contributed by atoms with Gasteiger partial charge in [0, 0.05) is 18.5 Å². The standard InChI is InChI=1S/C16H12N2O2/c19-15-10-14(13-4-2-1-3-5-13)16(20)18(15)11-12-6-8-17-9-7-12/h1-10H,11H2. The number of nitrogens with zero attached hydrogens (tertiary/aromatic N) is 2. The summed E-state index contributed by atoms with van der Waals surface area (Å²) in [4.78, 5) is 29.5. The minimum absolute atomic E-state index is 0.252. The zero-order chi connectivity index (χ0) is 13.9. The summed E-state index contributed by atoms with van der Waals surface area (Å²) < 4.78 is 0. The molecule has 4 heteroatoms. The van der Waals surface area contributed by atoms with Crippen molar-refractivity contribution < 1.29 is 9.59 Å². The minimum atomic E-state index is -0.273. The van der Waals surface area contributed by atoms with Gasteiger partial charge in [-0.3, -0.25) is 19.5 Å². The normalized spacial score (nSPS) is 14.6. The van der Waals surface area contributed by atoms with Gasteiger partial charge in [0.15, 0.2) is 0 Å². The van der Waals surface area contributed by atoms with Gasteiger partial charge in [-0.2, -0.15) is 0 Å². The van der Waals surface area contributed by atoms with Crippen LogP contribution in [0.25, 0.3) is 5.57 Å². The zero-order valence-electron chi connectivity index (χ0n) is 10.7. The van der Waals surface area contributed by atoms with Crippen LogP contribution in [0.5, 0.6) is 0 Å². The van der Waals surface area contributed by atoms with Gasteiger partial charge in [-0.05, 0) is 23.3 Å². The molecule has 2 aromatic rings. The lowest BCUT2D eigenvalue weighted by Crippen LogP contribution is -2.30. The lowest BCUT2D eigenvalue weighted by atomic mass is 10.1. The van der Waals surface area contributed by atoms with Crippen LogP contribution in [-0.2, 0) is 16.1 Å². The van der Waals surface area contributed by atoms with Gasteiger partial charge in [-0.25, -0.2) is 0 Å². The summed E-state index contributed by atoms with van der Waals surface area (Å²) in [6.45, 7) is 0.271. The second-order valence-corrected chi connectivity index (χ2v) is 4.51. The van der Waals surface area contributed by atoms with Crippen LogP contribution in [-0.4, -0.2) is 21.7 Å². The highest BCUT2D eigenvalue weighted by atomic mass is 16.2. The van der Waals surface area contributed by atoms with Crippen LogP contribution in [0, 0.1) is 0 Å². The average molecular weight is 264 g/mol. The molecule has 0 N–H and O–H groups in total. The Morgan fingerprint density at radius 3 is 2.35 bits per heavy atom. The quantitative estimate of drug-likeness (QED) is 0.797. The van der Waals surface area contributed by atoms with E-state index in [0.717, 1.165) is 11.1 Å². The van der Waals surface area contributed by atoms with Crippen molar-refractivity contribution in [3.8, 4) is 0 Å². The van der Waals surface area contributed by atoms with E-state index in [2.05, 4.69) is 4.98 Å². The monoisotopic (exact) mass is 264 g/mol. The maximum atomic E-state index is 12.3. The predicted octanol–water partition coefficient (Wildman–Crippen LogP) is 2.03. The van der Waals surface area contributed by atoms with Gasteiger partial charge in [0.2, 0.25) is 0 Å². The van der Waals surface area contributed by atoms with Gasteiger partial charge in [0.1, 0.15) is 0 Å². The Hall–Kier alpha value is -2.75. The van der Waals surface area contributed by atoms with Gasteiger partial charge in [0.25, 0.3) is 11.8 Å². The molecule has 1 aromatic carbocycles. The third-order valence-electron chi connectivity index (χ3n) is 3.18. The van der Waals surface area contributed by atoms with Gasteiger partial charge in [-0.1, -0.05) is 30.3 Å². The fourth-order valence-electron chi connectivity index (χ4n) is 2.15. The fraction of sp³-hybridized carbons (Fsp3) is 0.0625. The first-order valence-electron chi connectivity index (χ1n) is 6.27. The number of aromatic nitrogens is 1. The van der Waals surface area contributed by atoms with Crippen molar-refractivity contribution in [2.45, 2.75) is 6.54 Å².